The number of fused-ring (bicyclic) bond motifs is 1. The summed E-state index contributed by atoms with van der Waals surface area (Å²) in [7, 11) is 0. The Balaban J connectivity index is 1.62. The summed E-state index contributed by atoms with van der Waals surface area (Å²) in [5.41, 5.74) is 7.29. The van der Waals surface area contributed by atoms with Crippen molar-refractivity contribution in [2.75, 3.05) is 6.54 Å². The lowest BCUT2D eigenvalue weighted by molar-refractivity contribution is -0.128. The summed E-state index contributed by atoms with van der Waals surface area (Å²) in [6.07, 6.45) is 1.13. The van der Waals surface area contributed by atoms with E-state index < -0.39 is 17.4 Å². The quantitative estimate of drug-likeness (QED) is 0.894. The topological polar surface area (TPSA) is 81.4 Å². The number of hydrogen-bond donors (Lipinski definition) is 2. The summed E-state index contributed by atoms with van der Waals surface area (Å²) in [6.45, 7) is 1.05. The number of nitrogens with one attached hydrogen (secondary N) is 1. The van der Waals surface area contributed by atoms with E-state index in [1.54, 1.807) is 12.1 Å². The van der Waals surface area contributed by atoms with Gasteiger partial charge in [0.05, 0.1) is 5.41 Å². The molecule has 0 spiro atoms. The number of rotatable bonds is 4. The second kappa shape index (κ2) is 6.01. The summed E-state index contributed by atoms with van der Waals surface area (Å²) < 4.78 is 6.04. The largest absolute Gasteiger partial charge is 0.481 e. The highest BCUT2D eigenvalue weighted by atomic mass is 16.5. The number of carbonyl (C=O) groups excluding carboxylic acids is 2. The molecule has 0 aromatic heterocycles. The molecular weight excluding hydrogens is 316 g/mol. The van der Waals surface area contributed by atoms with Crippen molar-refractivity contribution in [3.63, 3.8) is 0 Å². The van der Waals surface area contributed by atoms with Crippen LogP contribution < -0.4 is 15.8 Å². The van der Waals surface area contributed by atoms with E-state index in [0.717, 1.165) is 24.0 Å². The van der Waals surface area contributed by atoms with E-state index in [0.29, 0.717) is 24.4 Å². The van der Waals surface area contributed by atoms with Crippen molar-refractivity contribution in [2.24, 2.45) is 5.73 Å². The predicted molar refractivity (Wildman–Crippen MR) is 93.4 cm³/mol. The van der Waals surface area contributed by atoms with Gasteiger partial charge in [0.15, 0.2) is 11.9 Å². The van der Waals surface area contributed by atoms with E-state index >= 15 is 0 Å². The molecule has 1 atom stereocenters. The molecule has 1 fully saturated rings. The predicted octanol–water partition coefficient (Wildman–Crippen LogP) is 1.94. The van der Waals surface area contributed by atoms with Gasteiger partial charge in [-0.15, -0.1) is 0 Å². The van der Waals surface area contributed by atoms with Gasteiger partial charge in [-0.25, -0.2) is 0 Å². The van der Waals surface area contributed by atoms with Crippen LogP contribution in [0.25, 0.3) is 0 Å². The molecule has 2 aromatic rings. The standard InChI is InChI=1S/C20H20N2O3/c21-19(24)13-6-7-14-11-22-12-17(25-16(14)10-13)18(23)20(8-9-20)15-4-2-1-3-5-15/h1-7,10,17,22H,8-9,11-12H2,(H2,21,24). The minimum Gasteiger partial charge on any atom is -0.481 e. The van der Waals surface area contributed by atoms with Gasteiger partial charge in [0.25, 0.3) is 0 Å². The van der Waals surface area contributed by atoms with Crippen molar-refractivity contribution in [2.45, 2.75) is 30.9 Å². The second-order valence-electron chi connectivity index (χ2n) is 6.74. The van der Waals surface area contributed by atoms with Crippen LogP contribution in [0.2, 0.25) is 0 Å². The van der Waals surface area contributed by atoms with Gasteiger partial charge in [-0.3, -0.25) is 9.59 Å². The molecule has 2 aromatic carbocycles. The number of Topliss-reactive ketones (excluding diaryl/α,β-unsaturated/α-hetero) is 1. The van der Waals surface area contributed by atoms with Gasteiger partial charge < -0.3 is 15.8 Å². The van der Waals surface area contributed by atoms with Gasteiger partial charge in [0.1, 0.15) is 5.75 Å². The Morgan fingerprint density at radius 3 is 2.56 bits per heavy atom. The highest BCUT2D eigenvalue weighted by Crippen LogP contribution is 2.50. The summed E-state index contributed by atoms with van der Waals surface area (Å²) in [4.78, 5) is 24.6. The number of amides is 1. The number of benzene rings is 2. The van der Waals surface area contributed by atoms with E-state index in [-0.39, 0.29) is 5.78 Å². The van der Waals surface area contributed by atoms with Gasteiger partial charge in [0, 0.05) is 24.2 Å². The highest BCUT2D eigenvalue weighted by molar-refractivity contribution is 5.97. The molecule has 2 aliphatic rings. The van der Waals surface area contributed by atoms with Crippen LogP contribution in [-0.4, -0.2) is 24.3 Å². The monoisotopic (exact) mass is 336 g/mol. The van der Waals surface area contributed by atoms with Gasteiger partial charge in [-0.1, -0.05) is 36.4 Å². The minimum absolute atomic E-state index is 0.100. The van der Waals surface area contributed by atoms with Crippen LogP contribution in [0.15, 0.2) is 48.5 Å². The Kier molecular flexibility index (Phi) is 3.81. The number of primary amides is 1. The number of nitrogens with two attached hydrogens (primary N) is 1. The molecule has 25 heavy (non-hydrogen) atoms. The number of ketones is 1. The van der Waals surface area contributed by atoms with Crippen LogP contribution in [0, 0.1) is 0 Å². The number of hydrogen-bond acceptors (Lipinski definition) is 4. The Morgan fingerprint density at radius 2 is 1.88 bits per heavy atom. The molecule has 5 heteroatoms. The first-order valence-corrected chi connectivity index (χ1v) is 8.50. The molecule has 1 aliphatic carbocycles. The fourth-order valence-corrected chi connectivity index (χ4v) is 3.51. The molecule has 1 heterocycles. The molecule has 1 saturated carbocycles. The average Bonchev–Trinajstić information content (AvgIpc) is 3.45. The first kappa shape index (κ1) is 15.8. The van der Waals surface area contributed by atoms with Crippen molar-refractivity contribution in [1.29, 1.82) is 0 Å². The lowest BCUT2D eigenvalue weighted by Crippen LogP contribution is -2.42. The molecule has 0 bridgehead atoms. The lowest BCUT2D eigenvalue weighted by atomic mass is 9.88. The zero-order chi connectivity index (χ0) is 17.4. The summed E-state index contributed by atoms with van der Waals surface area (Å²) in [5, 5.41) is 3.27. The zero-order valence-corrected chi connectivity index (χ0v) is 13.8. The minimum atomic E-state index is -0.577. The van der Waals surface area contributed by atoms with Crippen LogP contribution in [0.4, 0.5) is 0 Å². The van der Waals surface area contributed by atoms with Crippen LogP contribution in [0.1, 0.15) is 34.3 Å². The Morgan fingerprint density at radius 1 is 1.12 bits per heavy atom. The van der Waals surface area contributed by atoms with Gasteiger partial charge in [-0.2, -0.15) is 0 Å². The molecular formula is C20H20N2O3. The van der Waals surface area contributed by atoms with Gasteiger partial charge in [0.2, 0.25) is 5.91 Å². The molecule has 5 nitrogen and oxygen atoms in total. The van der Waals surface area contributed by atoms with Crippen LogP contribution >= 0.6 is 0 Å². The highest BCUT2D eigenvalue weighted by Gasteiger charge is 2.53. The molecule has 1 aliphatic heterocycles. The molecule has 0 saturated heterocycles. The first-order chi connectivity index (χ1) is 12.1. The van der Waals surface area contributed by atoms with Crippen molar-refractivity contribution in [1.82, 2.24) is 5.32 Å². The average molecular weight is 336 g/mol. The first-order valence-electron chi connectivity index (χ1n) is 8.50. The van der Waals surface area contributed by atoms with E-state index in [1.807, 2.05) is 36.4 Å². The van der Waals surface area contributed by atoms with E-state index in [2.05, 4.69) is 5.32 Å². The fourth-order valence-electron chi connectivity index (χ4n) is 3.51. The van der Waals surface area contributed by atoms with Gasteiger partial charge in [-0.05, 0) is 30.5 Å². The maximum absolute atomic E-state index is 13.2. The maximum atomic E-state index is 13.2. The Bertz CT molecular complexity index is 828. The maximum Gasteiger partial charge on any atom is 0.248 e. The Hall–Kier alpha value is -2.66. The van der Waals surface area contributed by atoms with Crippen LogP contribution in [-0.2, 0) is 16.8 Å². The Labute approximate surface area is 146 Å². The number of ether oxygens (including phenoxy) is 1. The van der Waals surface area contributed by atoms with Crippen LogP contribution in [0.5, 0.6) is 5.75 Å². The van der Waals surface area contributed by atoms with E-state index in [1.165, 1.54) is 0 Å². The van der Waals surface area contributed by atoms with E-state index in [4.69, 9.17) is 10.5 Å². The molecule has 1 unspecified atom stereocenters. The smallest absolute Gasteiger partial charge is 0.248 e. The fraction of sp³-hybridized carbons (Fsp3) is 0.300. The van der Waals surface area contributed by atoms with Crippen molar-refractivity contribution in [3.05, 3.63) is 65.2 Å². The molecule has 4 rings (SSSR count). The molecule has 3 N–H and O–H groups in total. The zero-order valence-electron chi connectivity index (χ0n) is 13.8. The third-order valence-corrected chi connectivity index (χ3v) is 5.11. The second-order valence-corrected chi connectivity index (χ2v) is 6.74. The third kappa shape index (κ3) is 2.81. The van der Waals surface area contributed by atoms with Crippen molar-refractivity contribution < 1.29 is 14.3 Å². The van der Waals surface area contributed by atoms with Crippen LogP contribution in [0.3, 0.4) is 0 Å². The summed E-state index contributed by atoms with van der Waals surface area (Å²) in [6, 6.07) is 15.0. The molecule has 0 radical (unpaired) electrons. The number of carbonyl (C=O) groups is 2. The van der Waals surface area contributed by atoms with E-state index in [9.17, 15) is 9.59 Å². The van der Waals surface area contributed by atoms with Crippen molar-refractivity contribution in [3.8, 4) is 5.75 Å². The SMILES string of the molecule is NC(=O)c1ccc2c(c1)OC(C(=O)C1(c3ccccc3)CC1)CNC2. The van der Waals surface area contributed by atoms with Crippen molar-refractivity contribution >= 4 is 11.7 Å². The normalized spacial score (nSPS) is 20.7. The van der Waals surface area contributed by atoms with Gasteiger partial charge >= 0.3 is 0 Å². The third-order valence-electron chi connectivity index (χ3n) is 5.11. The lowest BCUT2D eigenvalue weighted by Gasteiger charge is -2.22. The summed E-state index contributed by atoms with van der Waals surface area (Å²) >= 11 is 0. The summed E-state index contributed by atoms with van der Waals surface area (Å²) in [5.74, 6) is 0.154. The molecule has 128 valence electrons. The molecule has 1 amide bonds.